The lowest BCUT2D eigenvalue weighted by Crippen LogP contribution is -2.32. The molecule has 0 aliphatic rings. The van der Waals surface area contributed by atoms with E-state index in [1.165, 1.54) is 30.5 Å². The zero-order chi connectivity index (χ0) is 23.5. The highest BCUT2D eigenvalue weighted by atomic mass is 16.5. The number of hydrogen-bond acceptors (Lipinski definition) is 6. The van der Waals surface area contributed by atoms with Crippen LogP contribution in [0.15, 0.2) is 84.0 Å². The summed E-state index contributed by atoms with van der Waals surface area (Å²) in [5.74, 6) is -1.64. The molecule has 0 heterocycles. The average Bonchev–Trinajstić information content (AvgIpc) is 2.84. The molecule has 0 aromatic heterocycles. The Labute approximate surface area is 191 Å². The molecule has 0 spiro atoms. The van der Waals surface area contributed by atoms with Gasteiger partial charge < -0.3 is 14.8 Å². The van der Waals surface area contributed by atoms with Gasteiger partial charge in [0, 0.05) is 5.69 Å². The number of hydrazone groups is 1. The minimum absolute atomic E-state index is 0.267. The van der Waals surface area contributed by atoms with E-state index in [2.05, 4.69) is 15.8 Å². The van der Waals surface area contributed by atoms with E-state index in [4.69, 9.17) is 9.47 Å². The van der Waals surface area contributed by atoms with Crippen molar-refractivity contribution in [1.29, 1.82) is 0 Å². The first-order valence-electron chi connectivity index (χ1n) is 10.2. The van der Waals surface area contributed by atoms with Crippen LogP contribution < -0.4 is 15.5 Å². The molecule has 0 atom stereocenters. The smallest absolute Gasteiger partial charge is 0.338 e. The van der Waals surface area contributed by atoms with Gasteiger partial charge >= 0.3 is 17.8 Å². The van der Waals surface area contributed by atoms with Gasteiger partial charge in [0.25, 0.3) is 0 Å². The Morgan fingerprint density at radius 2 is 1.67 bits per heavy atom. The first-order valence-corrected chi connectivity index (χ1v) is 10.2. The van der Waals surface area contributed by atoms with Crippen molar-refractivity contribution in [3.63, 3.8) is 0 Å². The standard InChI is InChI=1S/C25H23N3O5/c1-2-32-25(31)20-11-13-21(14-12-20)27-23(29)24(30)28-26-16-19-9-6-10-22(15-19)33-17-18-7-4-3-5-8-18/h3-16H,2,17H2,1H3,(H,27,29)(H,28,30)/b26-16-. The Morgan fingerprint density at radius 3 is 2.39 bits per heavy atom. The lowest BCUT2D eigenvalue weighted by atomic mass is 10.2. The van der Waals surface area contributed by atoms with Crippen LogP contribution in [0, 0.1) is 0 Å². The number of nitrogens with zero attached hydrogens (tertiary/aromatic N) is 1. The molecule has 3 aromatic carbocycles. The van der Waals surface area contributed by atoms with Crippen LogP contribution in [0.25, 0.3) is 0 Å². The second kappa shape index (κ2) is 11.8. The van der Waals surface area contributed by atoms with E-state index >= 15 is 0 Å². The molecule has 0 bridgehead atoms. The summed E-state index contributed by atoms with van der Waals surface area (Å²) in [6.07, 6.45) is 1.41. The van der Waals surface area contributed by atoms with Gasteiger partial charge in [-0.1, -0.05) is 42.5 Å². The molecule has 33 heavy (non-hydrogen) atoms. The molecule has 3 aromatic rings. The zero-order valence-corrected chi connectivity index (χ0v) is 18.0. The number of benzene rings is 3. The van der Waals surface area contributed by atoms with E-state index in [0.29, 0.717) is 29.2 Å². The second-order valence-electron chi connectivity index (χ2n) is 6.80. The topological polar surface area (TPSA) is 106 Å². The van der Waals surface area contributed by atoms with Crippen LogP contribution in [0.5, 0.6) is 5.75 Å². The van der Waals surface area contributed by atoms with Crippen molar-refractivity contribution >= 4 is 29.7 Å². The van der Waals surface area contributed by atoms with Crippen molar-refractivity contribution in [2.45, 2.75) is 13.5 Å². The summed E-state index contributed by atoms with van der Waals surface area (Å²) in [7, 11) is 0. The quantitative estimate of drug-likeness (QED) is 0.239. The van der Waals surface area contributed by atoms with Gasteiger partial charge in [0.15, 0.2) is 0 Å². The Hall–Kier alpha value is -4.46. The van der Waals surface area contributed by atoms with Crippen LogP contribution in [0.4, 0.5) is 5.69 Å². The minimum atomic E-state index is -0.933. The predicted octanol–water partition coefficient (Wildman–Crippen LogP) is 3.53. The maximum atomic E-state index is 12.0. The normalized spacial score (nSPS) is 10.5. The van der Waals surface area contributed by atoms with Gasteiger partial charge in [-0.15, -0.1) is 0 Å². The second-order valence-corrected chi connectivity index (χ2v) is 6.80. The number of rotatable bonds is 8. The highest BCUT2D eigenvalue weighted by Gasteiger charge is 2.13. The molecule has 168 valence electrons. The molecule has 8 nitrogen and oxygen atoms in total. The first-order chi connectivity index (χ1) is 16.0. The fourth-order valence-corrected chi connectivity index (χ4v) is 2.73. The van der Waals surface area contributed by atoms with E-state index in [1.54, 1.807) is 25.1 Å². The third kappa shape index (κ3) is 7.32. The molecular weight excluding hydrogens is 422 g/mol. The largest absolute Gasteiger partial charge is 0.489 e. The number of nitrogens with one attached hydrogen (secondary N) is 2. The lowest BCUT2D eigenvalue weighted by molar-refractivity contribution is -0.136. The van der Waals surface area contributed by atoms with Crippen LogP contribution >= 0.6 is 0 Å². The Bertz CT molecular complexity index is 1130. The molecule has 0 unspecified atom stereocenters. The molecule has 0 saturated heterocycles. The Kier molecular flexibility index (Phi) is 8.30. The summed E-state index contributed by atoms with van der Waals surface area (Å²) in [5, 5.41) is 6.25. The fraction of sp³-hybridized carbons (Fsp3) is 0.120. The number of hydrogen-bond donors (Lipinski definition) is 2. The molecule has 3 rings (SSSR count). The van der Waals surface area contributed by atoms with Crippen molar-refractivity contribution in [1.82, 2.24) is 5.43 Å². The maximum absolute atomic E-state index is 12.0. The Balaban J connectivity index is 1.49. The molecule has 2 amide bonds. The number of amides is 2. The predicted molar refractivity (Wildman–Crippen MR) is 124 cm³/mol. The van der Waals surface area contributed by atoms with Crippen molar-refractivity contribution in [3.8, 4) is 5.75 Å². The molecule has 2 N–H and O–H groups in total. The maximum Gasteiger partial charge on any atom is 0.338 e. The van der Waals surface area contributed by atoms with Crippen LogP contribution in [-0.2, 0) is 20.9 Å². The number of ether oxygens (including phenoxy) is 2. The molecule has 0 fully saturated rings. The summed E-state index contributed by atoms with van der Waals surface area (Å²) in [5.41, 5.74) is 4.62. The van der Waals surface area contributed by atoms with Crippen molar-refractivity contribution in [2.24, 2.45) is 5.10 Å². The third-order valence-corrected chi connectivity index (χ3v) is 4.35. The summed E-state index contributed by atoms with van der Waals surface area (Å²) in [4.78, 5) is 35.7. The van der Waals surface area contributed by atoms with Gasteiger partial charge in [-0.3, -0.25) is 9.59 Å². The number of carbonyl (C=O) groups is 3. The summed E-state index contributed by atoms with van der Waals surface area (Å²) >= 11 is 0. The van der Waals surface area contributed by atoms with Gasteiger partial charge in [0.2, 0.25) is 0 Å². The summed E-state index contributed by atoms with van der Waals surface area (Å²) in [6, 6.07) is 22.9. The van der Waals surface area contributed by atoms with Gasteiger partial charge in [-0.25, -0.2) is 10.2 Å². The van der Waals surface area contributed by atoms with Gasteiger partial charge in [0.05, 0.1) is 18.4 Å². The molecule has 0 aliphatic carbocycles. The minimum Gasteiger partial charge on any atom is -0.489 e. The SMILES string of the molecule is CCOC(=O)c1ccc(NC(=O)C(=O)N/N=C\c2cccc(OCc3ccccc3)c2)cc1. The molecule has 0 saturated carbocycles. The summed E-state index contributed by atoms with van der Waals surface area (Å²) < 4.78 is 10.7. The van der Waals surface area contributed by atoms with E-state index in [9.17, 15) is 14.4 Å². The number of anilines is 1. The van der Waals surface area contributed by atoms with Gasteiger partial charge in [0.1, 0.15) is 12.4 Å². The van der Waals surface area contributed by atoms with Crippen molar-refractivity contribution < 1.29 is 23.9 Å². The molecule has 0 radical (unpaired) electrons. The third-order valence-electron chi connectivity index (χ3n) is 4.35. The number of carbonyl (C=O) groups excluding carboxylic acids is 3. The highest BCUT2D eigenvalue weighted by molar-refractivity contribution is 6.39. The van der Waals surface area contributed by atoms with Crippen LogP contribution in [0.2, 0.25) is 0 Å². The summed E-state index contributed by atoms with van der Waals surface area (Å²) in [6.45, 7) is 2.41. The van der Waals surface area contributed by atoms with Gasteiger partial charge in [-0.2, -0.15) is 5.10 Å². The number of esters is 1. The van der Waals surface area contributed by atoms with E-state index in [0.717, 1.165) is 5.56 Å². The monoisotopic (exact) mass is 445 g/mol. The molecule has 8 heteroatoms. The van der Waals surface area contributed by atoms with Crippen molar-refractivity contribution in [3.05, 3.63) is 95.6 Å². The van der Waals surface area contributed by atoms with Crippen LogP contribution in [-0.4, -0.2) is 30.6 Å². The first kappa shape index (κ1) is 23.2. The molecule has 0 aliphatic heterocycles. The lowest BCUT2D eigenvalue weighted by Gasteiger charge is -2.07. The van der Waals surface area contributed by atoms with E-state index in [1.807, 2.05) is 36.4 Å². The highest BCUT2D eigenvalue weighted by Crippen LogP contribution is 2.14. The Morgan fingerprint density at radius 1 is 0.909 bits per heavy atom. The molecular formula is C25H23N3O5. The van der Waals surface area contributed by atoms with Gasteiger partial charge in [-0.05, 0) is 54.4 Å². The van der Waals surface area contributed by atoms with Crippen LogP contribution in [0.1, 0.15) is 28.4 Å². The van der Waals surface area contributed by atoms with Crippen molar-refractivity contribution in [2.75, 3.05) is 11.9 Å². The van der Waals surface area contributed by atoms with E-state index < -0.39 is 17.8 Å². The fourth-order valence-electron chi connectivity index (χ4n) is 2.73. The zero-order valence-electron chi connectivity index (χ0n) is 18.0. The van der Waals surface area contributed by atoms with E-state index in [-0.39, 0.29) is 6.61 Å². The average molecular weight is 445 g/mol. The van der Waals surface area contributed by atoms with Crippen LogP contribution in [0.3, 0.4) is 0 Å².